The first-order chi connectivity index (χ1) is 10.5. The molecule has 2 aromatic heterocycles. The summed E-state index contributed by atoms with van der Waals surface area (Å²) in [5.74, 6) is 0. The normalized spacial score (nSPS) is 20.9. The number of aliphatic hydroxyl groups is 1. The van der Waals surface area contributed by atoms with Crippen LogP contribution in [0.25, 0.3) is 10.6 Å². The summed E-state index contributed by atoms with van der Waals surface area (Å²) in [6.45, 7) is 5.01. The Morgan fingerprint density at radius 1 is 1.50 bits per heavy atom. The average Bonchev–Trinajstić information content (AvgIpc) is 3.12. The molecule has 8 heteroatoms. The number of hydrogen-bond donors (Lipinski definition) is 2. The highest BCUT2D eigenvalue weighted by atomic mass is 32.1. The molecule has 1 atom stereocenters. The minimum atomic E-state index is -0.372. The van der Waals surface area contributed by atoms with Crippen molar-refractivity contribution >= 4 is 33.8 Å². The van der Waals surface area contributed by atoms with Crippen molar-refractivity contribution in [1.82, 2.24) is 15.1 Å². The summed E-state index contributed by atoms with van der Waals surface area (Å²) in [6.07, 6.45) is 0.222. The number of piperidine rings is 1. The molecule has 0 saturated carbocycles. The van der Waals surface area contributed by atoms with Gasteiger partial charge in [-0.2, -0.15) is 11.3 Å². The number of thiophene rings is 1. The fraction of sp³-hybridized carbons (Fsp3) is 0.500. The van der Waals surface area contributed by atoms with Crippen molar-refractivity contribution in [1.29, 1.82) is 0 Å². The molecule has 3 heterocycles. The van der Waals surface area contributed by atoms with E-state index in [0.29, 0.717) is 24.6 Å². The summed E-state index contributed by atoms with van der Waals surface area (Å²) in [4.78, 5) is 14.1. The number of anilines is 1. The van der Waals surface area contributed by atoms with Gasteiger partial charge in [-0.1, -0.05) is 25.2 Å². The van der Waals surface area contributed by atoms with Gasteiger partial charge in [-0.3, -0.25) is 5.32 Å². The van der Waals surface area contributed by atoms with Crippen LogP contribution in [0.2, 0.25) is 0 Å². The van der Waals surface area contributed by atoms with Crippen molar-refractivity contribution in [2.24, 2.45) is 5.41 Å². The number of urea groups is 1. The number of nitrogens with one attached hydrogen (secondary N) is 1. The summed E-state index contributed by atoms with van der Waals surface area (Å²) in [7, 11) is 0. The number of aromatic nitrogens is 2. The predicted octanol–water partition coefficient (Wildman–Crippen LogP) is 2.89. The van der Waals surface area contributed by atoms with Crippen molar-refractivity contribution < 1.29 is 9.90 Å². The van der Waals surface area contributed by atoms with E-state index in [0.717, 1.165) is 10.6 Å². The lowest BCUT2D eigenvalue weighted by molar-refractivity contribution is -0.00966. The summed E-state index contributed by atoms with van der Waals surface area (Å²) in [5.41, 5.74) is 0.726. The zero-order valence-corrected chi connectivity index (χ0v) is 14.1. The Balaban J connectivity index is 1.65. The van der Waals surface area contributed by atoms with E-state index in [1.54, 1.807) is 16.2 Å². The van der Waals surface area contributed by atoms with Gasteiger partial charge in [0.2, 0.25) is 5.13 Å². The number of amides is 2. The highest BCUT2D eigenvalue weighted by Gasteiger charge is 2.36. The van der Waals surface area contributed by atoms with E-state index in [2.05, 4.69) is 15.5 Å². The molecular weight excluding hydrogens is 320 g/mol. The molecule has 1 aliphatic heterocycles. The van der Waals surface area contributed by atoms with Crippen LogP contribution in [0.5, 0.6) is 0 Å². The Hall–Kier alpha value is -1.51. The first-order valence-electron chi connectivity index (χ1n) is 7.06. The molecule has 6 nitrogen and oxygen atoms in total. The first kappa shape index (κ1) is 15.4. The van der Waals surface area contributed by atoms with Crippen LogP contribution < -0.4 is 5.32 Å². The fourth-order valence-electron chi connectivity index (χ4n) is 2.47. The monoisotopic (exact) mass is 338 g/mol. The molecule has 118 valence electrons. The zero-order valence-electron chi connectivity index (χ0n) is 12.4. The molecule has 1 saturated heterocycles. The van der Waals surface area contributed by atoms with Crippen molar-refractivity contribution in [3.63, 3.8) is 0 Å². The Bertz CT molecular complexity index is 654. The van der Waals surface area contributed by atoms with Crippen molar-refractivity contribution in [2.45, 2.75) is 26.4 Å². The smallest absolute Gasteiger partial charge is 0.323 e. The first-order valence-corrected chi connectivity index (χ1v) is 8.82. The summed E-state index contributed by atoms with van der Waals surface area (Å²) in [5, 5.41) is 26.2. The van der Waals surface area contributed by atoms with Crippen LogP contribution in [0.3, 0.4) is 0 Å². The van der Waals surface area contributed by atoms with E-state index in [1.165, 1.54) is 11.3 Å². The number of nitrogens with zero attached hydrogens (tertiary/aromatic N) is 3. The minimum Gasteiger partial charge on any atom is -0.392 e. The number of hydrogen-bond acceptors (Lipinski definition) is 6. The third-order valence-electron chi connectivity index (χ3n) is 3.87. The topological polar surface area (TPSA) is 78.4 Å². The number of rotatable bonds is 2. The molecule has 0 aromatic carbocycles. The molecule has 1 unspecified atom stereocenters. The van der Waals surface area contributed by atoms with Crippen molar-refractivity contribution in [3.8, 4) is 10.6 Å². The summed E-state index contributed by atoms with van der Waals surface area (Å²) < 4.78 is 0. The molecule has 1 aliphatic rings. The highest BCUT2D eigenvalue weighted by Crippen LogP contribution is 2.31. The van der Waals surface area contributed by atoms with Gasteiger partial charge in [-0.25, -0.2) is 4.79 Å². The molecule has 0 radical (unpaired) electrons. The Kier molecular flexibility index (Phi) is 4.16. The number of aliphatic hydroxyl groups excluding tert-OH is 1. The molecule has 0 bridgehead atoms. The van der Waals surface area contributed by atoms with Gasteiger partial charge in [0.1, 0.15) is 5.01 Å². The van der Waals surface area contributed by atoms with Gasteiger partial charge < -0.3 is 10.0 Å². The zero-order chi connectivity index (χ0) is 15.7. The molecule has 2 N–H and O–H groups in total. The maximum absolute atomic E-state index is 12.3. The third kappa shape index (κ3) is 3.13. The fourth-order valence-corrected chi connectivity index (χ4v) is 3.91. The lowest BCUT2D eigenvalue weighted by atomic mass is 9.81. The van der Waals surface area contributed by atoms with E-state index in [4.69, 9.17) is 0 Å². The maximum atomic E-state index is 12.3. The minimum absolute atomic E-state index is 0.187. The molecule has 1 fully saturated rings. The van der Waals surface area contributed by atoms with Crippen LogP contribution in [-0.4, -0.2) is 45.4 Å². The second-order valence-electron chi connectivity index (χ2n) is 6.07. The van der Waals surface area contributed by atoms with Crippen LogP contribution in [0.15, 0.2) is 16.8 Å². The molecule has 2 aromatic rings. The van der Waals surface area contributed by atoms with Gasteiger partial charge in [0.05, 0.1) is 6.10 Å². The summed E-state index contributed by atoms with van der Waals surface area (Å²) >= 11 is 2.96. The number of likely N-dealkylation sites (tertiary alicyclic amines) is 1. The molecule has 0 aliphatic carbocycles. The van der Waals surface area contributed by atoms with Crippen LogP contribution >= 0.6 is 22.7 Å². The van der Waals surface area contributed by atoms with Crippen LogP contribution in [0, 0.1) is 5.41 Å². The van der Waals surface area contributed by atoms with Crippen molar-refractivity contribution in [3.05, 3.63) is 16.8 Å². The van der Waals surface area contributed by atoms with Gasteiger partial charge >= 0.3 is 6.03 Å². The van der Waals surface area contributed by atoms with Gasteiger partial charge in [0.15, 0.2) is 0 Å². The standard InChI is InChI=1S/C14H18N4O2S2/c1-14(2)8-18(5-3-10(14)19)13(20)15-12-17-16-11(22-12)9-4-6-21-7-9/h4,6-7,10,19H,3,5,8H2,1-2H3,(H,15,17,20). The molecule has 22 heavy (non-hydrogen) atoms. The van der Waals surface area contributed by atoms with Crippen LogP contribution in [0.1, 0.15) is 20.3 Å². The van der Waals surface area contributed by atoms with Gasteiger partial charge in [0, 0.05) is 29.4 Å². The quantitative estimate of drug-likeness (QED) is 0.882. The third-order valence-corrected chi connectivity index (χ3v) is 5.44. The van der Waals surface area contributed by atoms with E-state index in [-0.39, 0.29) is 17.6 Å². The second-order valence-corrected chi connectivity index (χ2v) is 7.83. The second kappa shape index (κ2) is 5.94. The average molecular weight is 338 g/mol. The van der Waals surface area contributed by atoms with Gasteiger partial charge in [-0.15, -0.1) is 10.2 Å². The molecular formula is C14H18N4O2S2. The van der Waals surface area contributed by atoms with E-state index in [1.807, 2.05) is 30.7 Å². The Morgan fingerprint density at radius 2 is 2.32 bits per heavy atom. The highest BCUT2D eigenvalue weighted by molar-refractivity contribution is 7.19. The van der Waals surface area contributed by atoms with Gasteiger partial charge in [-0.05, 0) is 17.9 Å². The Morgan fingerprint density at radius 3 is 3.00 bits per heavy atom. The lowest BCUT2D eigenvalue weighted by Crippen LogP contribution is -2.51. The number of carbonyl (C=O) groups is 1. The van der Waals surface area contributed by atoms with Crippen LogP contribution in [0.4, 0.5) is 9.93 Å². The van der Waals surface area contributed by atoms with E-state index < -0.39 is 0 Å². The number of carbonyl (C=O) groups excluding carboxylic acids is 1. The molecule has 0 spiro atoms. The molecule has 2 amide bonds. The summed E-state index contributed by atoms with van der Waals surface area (Å²) in [6, 6.07) is 1.79. The lowest BCUT2D eigenvalue weighted by Gasteiger charge is -2.41. The Labute approximate surface area is 136 Å². The SMILES string of the molecule is CC1(C)CN(C(=O)Nc2nnc(-c3ccsc3)s2)CCC1O. The largest absolute Gasteiger partial charge is 0.392 e. The van der Waals surface area contributed by atoms with Gasteiger partial charge in [0.25, 0.3) is 0 Å². The maximum Gasteiger partial charge on any atom is 0.323 e. The molecule has 3 rings (SSSR count). The van der Waals surface area contributed by atoms with E-state index in [9.17, 15) is 9.90 Å². The van der Waals surface area contributed by atoms with E-state index >= 15 is 0 Å². The van der Waals surface area contributed by atoms with Crippen LogP contribution in [-0.2, 0) is 0 Å². The van der Waals surface area contributed by atoms with Crippen molar-refractivity contribution in [2.75, 3.05) is 18.4 Å². The predicted molar refractivity (Wildman–Crippen MR) is 88.2 cm³/mol.